The third-order valence-electron chi connectivity index (χ3n) is 5.45. The van der Waals surface area contributed by atoms with Crippen molar-refractivity contribution >= 4 is 56.0 Å². The van der Waals surface area contributed by atoms with Crippen LogP contribution >= 0.6 is 27.5 Å². The number of benzene rings is 3. The highest BCUT2D eigenvalue weighted by molar-refractivity contribution is 9.10. The number of ether oxygens (including phenoxy) is 1. The van der Waals surface area contributed by atoms with Crippen LogP contribution in [0.1, 0.15) is 36.7 Å². The van der Waals surface area contributed by atoms with Crippen molar-refractivity contribution in [2.45, 2.75) is 26.4 Å². The van der Waals surface area contributed by atoms with Gasteiger partial charge in [0, 0.05) is 34.2 Å². The molecule has 0 aliphatic carbocycles. The number of aromatic nitrogens is 2. The van der Waals surface area contributed by atoms with Gasteiger partial charge in [-0.25, -0.2) is 4.98 Å². The van der Waals surface area contributed by atoms with Crippen molar-refractivity contribution in [3.8, 4) is 5.75 Å². The average Bonchev–Trinajstić information content (AvgIpc) is 2.87. The molecule has 0 amide bonds. The average molecular weight is 601 g/mol. The number of nitro groups is 2. The Morgan fingerprint density at radius 2 is 1.82 bits per heavy atom. The van der Waals surface area contributed by atoms with Gasteiger partial charge in [0.1, 0.15) is 12.4 Å². The molecule has 0 aliphatic heterocycles. The van der Waals surface area contributed by atoms with E-state index in [2.05, 4.69) is 26.0 Å². The number of fused-ring (bicyclic) bond motifs is 1. The van der Waals surface area contributed by atoms with Crippen molar-refractivity contribution in [1.29, 1.82) is 0 Å². The predicted molar refractivity (Wildman–Crippen MR) is 146 cm³/mol. The number of nitro benzene ring substituents is 2. The third kappa shape index (κ3) is 5.71. The SMILES string of the molecule is CC(C)c1nc2ccc(Br)cc2c(=O)n1N=Cc1cc(Cl)c(OCc2ccc([N+](=O)[O-])cc2)c([N+](=O)[O-])c1. The van der Waals surface area contributed by atoms with Gasteiger partial charge in [-0.1, -0.05) is 41.4 Å². The van der Waals surface area contributed by atoms with E-state index in [9.17, 15) is 25.0 Å². The van der Waals surface area contributed by atoms with Gasteiger partial charge in [-0.15, -0.1) is 0 Å². The summed E-state index contributed by atoms with van der Waals surface area (Å²) < 4.78 is 7.48. The minimum atomic E-state index is -0.644. The molecule has 38 heavy (non-hydrogen) atoms. The molecule has 0 N–H and O–H groups in total. The molecule has 194 valence electrons. The zero-order valence-corrected chi connectivity index (χ0v) is 22.3. The summed E-state index contributed by atoms with van der Waals surface area (Å²) in [6.45, 7) is 3.64. The second kappa shape index (κ2) is 11.1. The minimum Gasteiger partial charge on any atom is -0.481 e. The molecular weight excluding hydrogens is 582 g/mol. The molecular formula is C25H19BrClN5O6. The van der Waals surface area contributed by atoms with Crippen LogP contribution in [0.4, 0.5) is 11.4 Å². The van der Waals surface area contributed by atoms with E-state index in [0.717, 1.165) is 4.68 Å². The normalized spacial score (nSPS) is 11.4. The quantitative estimate of drug-likeness (QED) is 0.133. The van der Waals surface area contributed by atoms with Gasteiger partial charge < -0.3 is 4.74 Å². The Hall–Kier alpha value is -4.16. The molecule has 0 saturated heterocycles. The summed E-state index contributed by atoms with van der Waals surface area (Å²) in [4.78, 5) is 39.2. The first kappa shape index (κ1) is 26.9. The molecule has 1 heterocycles. The van der Waals surface area contributed by atoms with Crippen LogP contribution < -0.4 is 10.3 Å². The van der Waals surface area contributed by atoms with Crippen LogP contribution in [0.5, 0.6) is 5.75 Å². The Labute approximate surface area is 228 Å². The molecule has 3 aromatic carbocycles. The first-order chi connectivity index (χ1) is 18.0. The summed E-state index contributed by atoms with van der Waals surface area (Å²) in [6.07, 6.45) is 1.29. The topological polar surface area (TPSA) is 143 Å². The molecule has 0 unspecified atom stereocenters. The summed E-state index contributed by atoms with van der Waals surface area (Å²) in [5, 5.41) is 27.2. The van der Waals surface area contributed by atoms with Crippen LogP contribution in [0.2, 0.25) is 5.02 Å². The molecule has 0 saturated carbocycles. The number of halogens is 2. The molecule has 0 aliphatic rings. The zero-order valence-electron chi connectivity index (χ0n) is 20.0. The van der Waals surface area contributed by atoms with Crippen LogP contribution in [-0.4, -0.2) is 25.7 Å². The predicted octanol–water partition coefficient (Wildman–Crippen LogP) is 6.21. The summed E-state index contributed by atoms with van der Waals surface area (Å²) in [7, 11) is 0. The number of hydrogen-bond acceptors (Lipinski definition) is 8. The van der Waals surface area contributed by atoms with Gasteiger partial charge in [-0.3, -0.25) is 25.0 Å². The second-order valence-corrected chi connectivity index (χ2v) is 9.79. The molecule has 0 radical (unpaired) electrons. The fourth-order valence-corrected chi connectivity index (χ4v) is 4.24. The van der Waals surface area contributed by atoms with Gasteiger partial charge in [-0.05, 0) is 42.0 Å². The number of non-ortho nitro benzene ring substituents is 1. The minimum absolute atomic E-state index is 0.0421. The molecule has 0 atom stereocenters. The fourth-order valence-electron chi connectivity index (χ4n) is 3.60. The van der Waals surface area contributed by atoms with Crippen molar-refractivity contribution in [2.75, 3.05) is 0 Å². The number of rotatable bonds is 8. The molecule has 11 nitrogen and oxygen atoms in total. The summed E-state index contributed by atoms with van der Waals surface area (Å²) in [5.41, 5.74) is 0.470. The van der Waals surface area contributed by atoms with E-state index in [1.807, 2.05) is 13.8 Å². The summed E-state index contributed by atoms with van der Waals surface area (Å²) in [6, 6.07) is 13.4. The van der Waals surface area contributed by atoms with E-state index in [0.29, 0.717) is 26.8 Å². The highest BCUT2D eigenvalue weighted by atomic mass is 79.9. The van der Waals surface area contributed by atoms with E-state index >= 15 is 0 Å². The maximum Gasteiger partial charge on any atom is 0.313 e. The van der Waals surface area contributed by atoms with Crippen molar-refractivity contribution in [3.05, 3.63) is 112 Å². The summed E-state index contributed by atoms with van der Waals surface area (Å²) in [5.74, 6) is 0.121. The van der Waals surface area contributed by atoms with Crippen molar-refractivity contribution in [1.82, 2.24) is 9.66 Å². The molecule has 13 heteroatoms. The van der Waals surface area contributed by atoms with Gasteiger partial charge in [0.2, 0.25) is 5.75 Å². The molecule has 0 bridgehead atoms. The first-order valence-electron chi connectivity index (χ1n) is 11.2. The van der Waals surface area contributed by atoms with Crippen molar-refractivity contribution < 1.29 is 14.6 Å². The van der Waals surface area contributed by atoms with Crippen LogP contribution in [0, 0.1) is 20.2 Å². The van der Waals surface area contributed by atoms with Crippen LogP contribution in [-0.2, 0) is 6.61 Å². The van der Waals surface area contributed by atoms with Gasteiger partial charge in [0.05, 0.1) is 32.0 Å². The van der Waals surface area contributed by atoms with Crippen molar-refractivity contribution in [2.24, 2.45) is 5.10 Å². The molecule has 4 aromatic rings. The largest absolute Gasteiger partial charge is 0.481 e. The van der Waals surface area contributed by atoms with Crippen LogP contribution in [0.25, 0.3) is 10.9 Å². The Balaban J connectivity index is 1.68. The van der Waals surface area contributed by atoms with Crippen molar-refractivity contribution in [3.63, 3.8) is 0 Å². The monoisotopic (exact) mass is 599 g/mol. The molecule has 4 rings (SSSR count). The smallest absolute Gasteiger partial charge is 0.313 e. The van der Waals surface area contributed by atoms with E-state index in [1.165, 1.54) is 42.6 Å². The first-order valence-corrected chi connectivity index (χ1v) is 12.3. The van der Waals surface area contributed by atoms with Gasteiger partial charge in [0.15, 0.2) is 0 Å². The lowest BCUT2D eigenvalue weighted by atomic mass is 10.2. The van der Waals surface area contributed by atoms with E-state index in [-0.39, 0.29) is 40.1 Å². The number of nitrogens with zero attached hydrogens (tertiary/aromatic N) is 5. The lowest BCUT2D eigenvalue weighted by molar-refractivity contribution is -0.386. The summed E-state index contributed by atoms with van der Waals surface area (Å²) >= 11 is 9.69. The standard InChI is InChI=1S/C25H19BrClN5O6/c1-14(2)24-29-21-8-5-17(26)11-19(21)25(33)30(24)28-12-16-9-20(27)23(22(10-16)32(36)37)38-13-15-3-6-18(7-4-15)31(34)35/h3-12,14H,13H2,1-2H3. The Bertz CT molecular complexity index is 1650. The Kier molecular flexibility index (Phi) is 7.83. The lowest BCUT2D eigenvalue weighted by Gasteiger charge is -2.12. The maximum absolute atomic E-state index is 13.2. The third-order valence-corrected chi connectivity index (χ3v) is 6.22. The van der Waals surface area contributed by atoms with E-state index < -0.39 is 15.5 Å². The Morgan fingerprint density at radius 3 is 2.45 bits per heavy atom. The van der Waals surface area contributed by atoms with Gasteiger partial charge >= 0.3 is 5.69 Å². The lowest BCUT2D eigenvalue weighted by Crippen LogP contribution is -2.23. The molecule has 0 spiro atoms. The zero-order chi connectivity index (χ0) is 27.6. The molecule has 1 aromatic heterocycles. The number of hydrogen-bond donors (Lipinski definition) is 0. The van der Waals surface area contributed by atoms with E-state index in [1.54, 1.807) is 18.2 Å². The van der Waals surface area contributed by atoms with Crippen LogP contribution in [0.15, 0.2) is 69.0 Å². The maximum atomic E-state index is 13.2. The fraction of sp³-hybridized carbons (Fsp3) is 0.160. The highest BCUT2D eigenvalue weighted by Crippen LogP contribution is 2.36. The molecule has 0 fully saturated rings. The van der Waals surface area contributed by atoms with Gasteiger partial charge in [-0.2, -0.15) is 9.78 Å². The second-order valence-electron chi connectivity index (χ2n) is 8.47. The Morgan fingerprint density at radius 1 is 1.11 bits per heavy atom. The van der Waals surface area contributed by atoms with Gasteiger partial charge in [0.25, 0.3) is 11.2 Å². The van der Waals surface area contributed by atoms with Crippen LogP contribution in [0.3, 0.4) is 0 Å². The van der Waals surface area contributed by atoms with E-state index in [4.69, 9.17) is 16.3 Å². The highest BCUT2D eigenvalue weighted by Gasteiger charge is 2.21.